The number of hydrogen-bond acceptors (Lipinski definition) is 9. The van der Waals surface area contributed by atoms with Gasteiger partial charge in [-0.2, -0.15) is 10.4 Å². The Bertz CT molecular complexity index is 1740. The Morgan fingerprint density at radius 2 is 1.30 bits per heavy atom. The number of carbonyl (C=O) groups is 2. The summed E-state index contributed by atoms with van der Waals surface area (Å²) in [5.74, 6) is 5.80. The minimum absolute atomic E-state index is 0.262. The molecule has 0 saturated carbocycles. The molecule has 0 bridgehead atoms. The highest BCUT2D eigenvalue weighted by Gasteiger charge is 2.12. The van der Waals surface area contributed by atoms with Crippen LogP contribution in [0.25, 0.3) is 33.4 Å². The first-order valence-corrected chi connectivity index (χ1v) is 13.5. The van der Waals surface area contributed by atoms with Gasteiger partial charge in [0.15, 0.2) is 5.82 Å². The topological polar surface area (TPSA) is 225 Å². The van der Waals surface area contributed by atoms with Crippen LogP contribution in [-0.2, 0) is 0 Å². The predicted octanol–water partition coefficient (Wildman–Crippen LogP) is 4.64. The normalized spacial score (nSPS) is 9.73. The standard InChI is InChI=1S/2C14H14N6O.C2H6/c1-16-14(21)18-9-4-2-8(3-5-9)12-11-10(6-7-17-12)19-20-13(11)15;1-17-14(21)19-10-4-2-9(3-5-10)13-11(8-15)12(20-16)6-7-18-13;1-2/h2-7H,1H3,(H3,15,19,20)(H2,16,18,21);2-7H,16H2,1H3,(H,18,20)(H2,17,19,21);1-2H3. The van der Waals surface area contributed by atoms with E-state index in [2.05, 4.69) is 52.9 Å². The number of nitrogens with zero attached hydrogens (tertiary/aromatic N) is 4. The number of H-pyrrole nitrogens is 1. The molecule has 10 N–H and O–H groups in total. The second-order valence-electron chi connectivity index (χ2n) is 8.59. The number of pyridine rings is 2. The number of amides is 4. The zero-order chi connectivity index (χ0) is 32.1. The highest BCUT2D eigenvalue weighted by molar-refractivity contribution is 6.00. The molecule has 0 aliphatic rings. The summed E-state index contributed by atoms with van der Waals surface area (Å²) in [7, 11) is 3.11. The highest BCUT2D eigenvalue weighted by atomic mass is 16.2. The summed E-state index contributed by atoms with van der Waals surface area (Å²) >= 11 is 0. The third-order valence-corrected chi connectivity index (χ3v) is 6.01. The van der Waals surface area contributed by atoms with Crippen LogP contribution in [0, 0.1) is 11.3 Å². The summed E-state index contributed by atoms with van der Waals surface area (Å²) in [5.41, 5.74) is 14.3. The van der Waals surface area contributed by atoms with Gasteiger partial charge < -0.3 is 32.4 Å². The molecular weight excluding hydrogens is 560 g/mol. The Kier molecular flexibility index (Phi) is 11.5. The predicted molar refractivity (Wildman–Crippen MR) is 173 cm³/mol. The number of nitrogens with one attached hydrogen (secondary N) is 6. The van der Waals surface area contributed by atoms with Crippen LogP contribution in [0.2, 0.25) is 0 Å². The summed E-state index contributed by atoms with van der Waals surface area (Å²) in [6, 6.07) is 19.3. The number of nitriles is 1. The smallest absolute Gasteiger partial charge is 0.318 e. The Morgan fingerprint density at radius 3 is 1.80 bits per heavy atom. The minimum atomic E-state index is -0.298. The number of hydrazine groups is 1. The third-order valence-electron chi connectivity index (χ3n) is 6.01. The molecule has 0 fully saturated rings. The molecule has 0 atom stereocenters. The Morgan fingerprint density at radius 1 is 0.795 bits per heavy atom. The van der Waals surface area contributed by atoms with E-state index < -0.39 is 0 Å². The average Bonchev–Trinajstić information content (AvgIpc) is 3.46. The molecule has 14 heteroatoms. The minimum Gasteiger partial charge on any atom is -0.382 e. The van der Waals surface area contributed by atoms with Crippen molar-refractivity contribution in [2.24, 2.45) is 5.84 Å². The molecule has 0 saturated heterocycles. The number of fused-ring (bicyclic) bond motifs is 1. The fourth-order valence-corrected chi connectivity index (χ4v) is 3.93. The van der Waals surface area contributed by atoms with Gasteiger partial charge in [0.05, 0.1) is 28.0 Å². The summed E-state index contributed by atoms with van der Waals surface area (Å²) in [6.07, 6.45) is 3.27. The number of urea groups is 2. The van der Waals surface area contributed by atoms with Crippen molar-refractivity contribution in [3.8, 4) is 28.6 Å². The van der Waals surface area contributed by atoms with Crippen molar-refractivity contribution in [1.29, 1.82) is 5.26 Å². The van der Waals surface area contributed by atoms with Gasteiger partial charge in [0.2, 0.25) is 0 Å². The first-order valence-electron chi connectivity index (χ1n) is 13.5. The molecule has 3 aromatic heterocycles. The summed E-state index contributed by atoms with van der Waals surface area (Å²) in [4.78, 5) is 31.1. The van der Waals surface area contributed by atoms with Crippen LogP contribution in [-0.4, -0.2) is 46.3 Å². The van der Waals surface area contributed by atoms with Crippen LogP contribution in [0.1, 0.15) is 19.4 Å². The SMILES string of the molecule is CC.CNC(=O)Nc1ccc(-c2nccc(NN)c2C#N)cc1.CNC(=O)Nc1ccc(-c2nccc3[nH]nc(N)c23)cc1. The Balaban J connectivity index is 0.000000228. The fraction of sp³-hybridized carbons (Fsp3) is 0.133. The molecule has 3 heterocycles. The molecule has 2 aromatic carbocycles. The quantitative estimate of drug-likeness (QED) is 0.105. The van der Waals surface area contributed by atoms with E-state index in [-0.39, 0.29) is 12.1 Å². The van der Waals surface area contributed by atoms with Crippen LogP contribution >= 0.6 is 0 Å². The molecule has 226 valence electrons. The lowest BCUT2D eigenvalue weighted by Crippen LogP contribution is -2.24. The zero-order valence-electron chi connectivity index (χ0n) is 24.7. The number of anilines is 4. The molecule has 14 nitrogen and oxygen atoms in total. The first-order chi connectivity index (χ1) is 21.4. The van der Waals surface area contributed by atoms with Crippen LogP contribution in [0.5, 0.6) is 0 Å². The van der Waals surface area contributed by atoms with Crippen LogP contribution in [0.4, 0.5) is 32.5 Å². The maximum Gasteiger partial charge on any atom is 0.318 e. The van der Waals surface area contributed by atoms with Crippen molar-refractivity contribution in [3.05, 3.63) is 78.6 Å². The maximum absolute atomic E-state index is 11.3. The molecule has 0 spiro atoms. The van der Waals surface area contributed by atoms with E-state index in [1.165, 1.54) is 7.05 Å². The number of rotatable bonds is 5. The molecule has 0 radical (unpaired) electrons. The molecule has 0 aliphatic heterocycles. The van der Waals surface area contributed by atoms with Gasteiger partial charge in [-0.05, 0) is 36.4 Å². The van der Waals surface area contributed by atoms with Crippen molar-refractivity contribution in [2.45, 2.75) is 13.8 Å². The number of nitrogen functional groups attached to an aromatic ring is 2. The van der Waals surface area contributed by atoms with Gasteiger partial charge >= 0.3 is 12.1 Å². The van der Waals surface area contributed by atoms with Gasteiger partial charge in [-0.15, -0.1) is 0 Å². The van der Waals surface area contributed by atoms with E-state index in [9.17, 15) is 14.9 Å². The van der Waals surface area contributed by atoms with E-state index in [0.717, 1.165) is 27.7 Å². The molecule has 5 aromatic rings. The molecule has 0 aliphatic carbocycles. The molecule has 5 rings (SSSR count). The van der Waals surface area contributed by atoms with Crippen molar-refractivity contribution in [1.82, 2.24) is 30.8 Å². The lowest BCUT2D eigenvalue weighted by atomic mass is 10.0. The Hall–Kier alpha value is -6.20. The van der Waals surface area contributed by atoms with Crippen molar-refractivity contribution >= 4 is 45.8 Å². The summed E-state index contributed by atoms with van der Waals surface area (Å²) in [5, 5.41) is 27.2. The molecule has 44 heavy (non-hydrogen) atoms. The number of aromatic amines is 1. The zero-order valence-corrected chi connectivity index (χ0v) is 24.7. The lowest BCUT2D eigenvalue weighted by molar-refractivity contribution is 0.253. The third kappa shape index (κ3) is 7.75. The molecular formula is C30H34N12O2. The summed E-state index contributed by atoms with van der Waals surface area (Å²) < 4.78 is 0. The largest absolute Gasteiger partial charge is 0.382 e. The van der Waals surface area contributed by atoms with E-state index >= 15 is 0 Å². The monoisotopic (exact) mass is 594 g/mol. The average molecular weight is 595 g/mol. The fourth-order valence-electron chi connectivity index (χ4n) is 3.93. The highest BCUT2D eigenvalue weighted by Crippen LogP contribution is 2.30. The first kappa shape index (κ1) is 32.3. The van der Waals surface area contributed by atoms with Crippen molar-refractivity contribution < 1.29 is 9.59 Å². The van der Waals surface area contributed by atoms with Crippen molar-refractivity contribution in [3.63, 3.8) is 0 Å². The van der Waals surface area contributed by atoms with Gasteiger partial charge in [0.1, 0.15) is 11.6 Å². The molecule has 4 amide bonds. The Labute approximate surface area is 254 Å². The van der Waals surface area contributed by atoms with Gasteiger partial charge in [-0.1, -0.05) is 38.1 Å². The lowest BCUT2D eigenvalue weighted by Gasteiger charge is -2.09. The number of hydrogen-bond donors (Lipinski definition) is 8. The molecule has 0 unspecified atom stereocenters. The van der Waals surface area contributed by atoms with Crippen LogP contribution in [0.15, 0.2) is 73.1 Å². The number of nitrogens with two attached hydrogens (primary N) is 2. The maximum atomic E-state index is 11.3. The van der Waals surface area contributed by atoms with Gasteiger partial charge in [-0.25, -0.2) is 9.59 Å². The number of carbonyl (C=O) groups excluding carboxylic acids is 2. The van der Waals surface area contributed by atoms with Gasteiger partial charge in [0, 0.05) is 49.0 Å². The van der Waals surface area contributed by atoms with E-state index in [1.807, 2.05) is 32.0 Å². The number of aromatic nitrogens is 4. The second kappa shape index (κ2) is 15.7. The van der Waals surface area contributed by atoms with Gasteiger partial charge in [-0.3, -0.25) is 20.9 Å². The van der Waals surface area contributed by atoms with Gasteiger partial charge in [0.25, 0.3) is 0 Å². The number of benzene rings is 2. The van der Waals surface area contributed by atoms with E-state index in [0.29, 0.717) is 34.1 Å². The second-order valence-corrected chi connectivity index (χ2v) is 8.59. The van der Waals surface area contributed by atoms with E-state index in [4.69, 9.17) is 11.6 Å². The van der Waals surface area contributed by atoms with E-state index in [1.54, 1.807) is 61.9 Å². The van der Waals surface area contributed by atoms with Crippen molar-refractivity contribution in [2.75, 3.05) is 35.9 Å². The van der Waals surface area contributed by atoms with Crippen LogP contribution in [0.3, 0.4) is 0 Å². The summed E-state index contributed by atoms with van der Waals surface area (Å²) in [6.45, 7) is 4.00. The van der Waals surface area contributed by atoms with Crippen LogP contribution < -0.4 is 38.3 Å².